The summed E-state index contributed by atoms with van der Waals surface area (Å²) in [5.41, 5.74) is 4.24. The van der Waals surface area contributed by atoms with Crippen molar-refractivity contribution in [2.45, 2.75) is 13.8 Å². The van der Waals surface area contributed by atoms with Crippen LogP contribution in [0.3, 0.4) is 0 Å². The van der Waals surface area contributed by atoms with Gasteiger partial charge in [-0.25, -0.2) is 4.90 Å². The zero-order valence-electron chi connectivity index (χ0n) is 17.4. The molecular formula is C25H21ClN2O3. The zero-order chi connectivity index (χ0) is 22.1. The molecule has 2 amide bonds. The van der Waals surface area contributed by atoms with Crippen LogP contribution in [-0.2, 0) is 9.59 Å². The Hall–Kier alpha value is -3.57. The molecule has 0 unspecified atom stereocenters. The molecule has 1 heterocycles. The van der Waals surface area contributed by atoms with E-state index in [0.29, 0.717) is 33.3 Å². The first kappa shape index (κ1) is 20.7. The van der Waals surface area contributed by atoms with E-state index >= 15 is 0 Å². The molecule has 6 heteroatoms. The Morgan fingerprint density at radius 3 is 2.19 bits per heavy atom. The quantitative estimate of drug-likeness (QED) is 0.551. The summed E-state index contributed by atoms with van der Waals surface area (Å²) in [5, 5.41) is 3.69. The standard InChI is InChI=1S/C25H21ClN2O3/c1-15-11-16(2)13-20(12-15)28-24(29)22(17-7-9-18(26)10-8-17)23(25(28)30)27-19-5-4-6-21(14-19)31-3/h4-14,27H,1-3H3. The van der Waals surface area contributed by atoms with E-state index in [2.05, 4.69) is 5.32 Å². The van der Waals surface area contributed by atoms with E-state index in [1.54, 1.807) is 37.4 Å². The van der Waals surface area contributed by atoms with Gasteiger partial charge in [-0.1, -0.05) is 35.9 Å². The summed E-state index contributed by atoms with van der Waals surface area (Å²) < 4.78 is 5.28. The molecule has 0 bridgehead atoms. The first-order chi connectivity index (χ1) is 14.9. The van der Waals surface area contributed by atoms with Crippen molar-refractivity contribution >= 4 is 40.4 Å². The summed E-state index contributed by atoms with van der Waals surface area (Å²) in [5.74, 6) is -0.160. The zero-order valence-corrected chi connectivity index (χ0v) is 18.2. The van der Waals surface area contributed by atoms with E-state index in [0.717, 1.165) is 11.1 Å². The molecule has 4 rings (SSSR count). The van der Waals surface area contributed by atoms with Crippen molar-refractivity contribution in [1.29, 1.82) is 0 Å². The topological polar surface area (TPSA) is 58.6 Å². The van der Waals surface area contributed by atoms with Crippen molar-refractivity contribution in [1.82, 2.24) is 0 Å². The third kappa shape index (κ3) is 4.05. The monoisotopic (exact) mass is 432 g/mol. The number of nitrogens with one attached hydrogen (secondary N) is 1. The SMILES string of the molecule is COc1cccc(NC2=C(c3ccc(Cl)cc3)C(=O)N(c3cc(C)cc(C)c3)C2=O)c1. The number of hydrogen-bond acceptors (Lipinski definition) is 4. The van der Waals surface area contributed by atoms with Crippen molar-refractivity contribution in [2.24, 2.45) is 0 Å². The molecule has 1 aliphatic heterocycles. The highest BCUT2D eigenvalue weighted by molar-refractivity contribution is 6.46. The highest BCUT2D eigenvalue weighted by Gasteiger charge is 2.40. The van der Waals surface area contributed by atoms with E-state index < -0.39 is 5.91 Å². The average Bonchev–Trinajstić information content (AvgIpc) is 2.98. The lowest BCUT2D eigenvalue weighted by molar-refractivity contribution is -0.120. The van der Waals surface area contributed by atoms with Gasteiger partial charge in [0.05, 0.1) is 18.4 Å². The van der Waals surface area contributed by atoms with Crippen molar-refractivity contribution in [3.05, 3.63) is 94.1 Å². The number of carbonyl (C=O) groups excluding carboxylic acids is 2. The summed E-state index contributed by atoms with van der Waals surface area (Å²) in [6.07, 6.45) is 0. The van der Waals surface area contributed by atoms with E-state index in [-0.39, 0.29) is 11.6 Å². The normalized spacial score (nSPS) is 13.7. The largest absolute Gasteiger partial charge is 0.497 e. The number of aryl methyl sites for hydroxylation is 2. The number of amides is 2. The summed E-state index contributed by atoms with van der Waals surface area (Å²) >= 11 is 6.03. The molecule has 0 saturated carbocycles. The Bertz CT molecular complexity index is 1200. The lowest BCUT2D eigenvalue weighted by atomic mass is 10.0. The first-order valence-electron chi connectivity index (χ1n) is 9.76. The Morgan fingerprint density at radius 2 is 1.55 bits per heavy atom. The van der Waals surface area contributed by atoms with Gasteiger partial charge in [-0.3, -0.25) is 9.59 Å². The van der Waals surface area contributed by atoms with Crippen molar-refractivity contribution in [2.75, 3.05) is 17.3 Å². The highest BCUT2D eigenvalue weighted by Crippen LogP contribution is 2.35. The Labute approximate surface area is 185 Å². The fraction of sp³-hybridized carbons (Fsp3) is 0.120. The van der Waals surface area contributed by atoms with Crippen LogP contribution in [0.4, 0.5) is 11.4 Å². The molecule has 3 aromatic carbocycles. The van der Waals surface area contributed by atoms with Crippen LogP contribution in [0.15, 0.2) is 72.4 Å². The molecule has 0 fully saturated rings. The maximum atomic E-state index is 13.5. The number of nitrogens with zero attached hydrogens (tertiary/aromatic N) is 1. The van der Waals surface area contributed by atoms with Crippen molar-refractivity contribution in [3.63, 3.8) is 0 Å². The second-order valence-corrected chi connectivity index (χ2v) is 7.84. The highest BCUT2D eigenvalue weighted by atomic mass is 35.5. The summed E-state index contributed by atoms with van der Waals surface area (Å²) in [7, 11) is 1.57. The smallest absolute Gasteiger partial charge is 0.282 e. The van der Waals surface area contributed by atoms with E-state index in [4.69, 9.17) is 16.3 Å². The molecule has 1 N–H and O–H groups in total. The van der Waals surface area contributed by atoms with Crippen LogP contribution in [0.1, 0.15) is 16.7 Å². The second kappa shape index (κ2) is 8.28. The van der Waals surface area contributed by atoms with Gasteiger partial charge in [0.25, 0.3) is 11.8 Å². The molecule has 0 atom stereocenters. The molecular weight excluding hydrogens is 412 g/mol. The van der Waals surface area contributed by atoms with Gasteiger partial charge < -0.3 is 10.1 Å². The predicted molar refractivity (Wildman–Crippen MR) is 123 cm³/mol. The van der Waals surface area contributed by atoms with Gasteiger partial charge in [0, 0.05) is 16.8 Å². The van der Waals surface area contributed by atoms with Gasteiger partial charge in [-0.2, -0.15) is 0 Å². The van der Waals surface area contributed by atoms with E-state index in [9.17, 15) is 9.59 Å². The Kier molecular flexibility index (Phi) is 5.53. The van der Waals surface area contributed by atoms with Gasteiger partial charge >= 0.3 is 0 Å². The van der Waals surface area contributed by atoms with Crippen LogP contribution in [-0.4, -0.2) is 18.9 Å². The second-order valence-electron chi connectivity index (χ2n) is 7.41. The Balaban J connectivity index is 1.83. The fourth-order valence-corrected chi connectivity index (χ4v) is 3.82. The maximum Gasteiger partial charge on any atom is 0.282 e. The van der Waals surface area contributed by atoms with Crippen LogP contribution in [0.2, 0.25) is 5.02 Å². The number of ether oxygens (including phenoxy) is 1. The molecule has 31 heavy (non-hydrogen) atoms. The molecule has 5 nitrogen and oxygen atoms in total. The van der Waals surface area contributed by atoms with Crippen molar-refractivity contribution in [3.8, 4) is 5.75 Å². The Morgan fingerprint density at radius 1 is 0.871 bits per heavy atom. The molecule has 0 spiro atoms. The summed E-state index contributed by atoms with van der Waals surface area (Å²) in [6, 6.07) is 19.7. The molecule has 0 aliphatic carbocycles. The number of rotatable bonds is 5. The molecule has 3 aromatic rings. The van der Waals surface area contributed by atoms with E-state index in [1.165, 1.54) is 4.90 Å². The van der Waals surface area contributed by atoms with Crippen LogP contribution in [0.25, 0.3) is 5.57 Å². The third-order valence-corrected chi connectivity index (χ3v) is 5.27. The molecule has 156 valence electrons. The first-order valence-corrected chi connectivity index (χ1v) is 10.1. The van der Waals surface area contributed by atoms with Crippen LogP contribution < -0.4 is 15.0 Å². The minimum atomic E-state index is -0.414. The lowest BCUT2D eigenvalue weighted by Crippen LogP contribution is -2.32. The maximum absolute atomic E-state index is 13.5. The van der Waals surface area contributed by atoms with Gasteiger partial charge in [-0.15, -0.1) is 0 Å². The average molecular weight is 433 g/mol. The van der Waals surface area contributed by atoms with E-state index in [1.807, 2.05) is 50.2 Å². The number of imide groups is 1. The van der Waals surface area contributed by atoms with Gasteiger partial charge in [0.2, 0.25) is 0 Å². The number of halogens is 1. The van der Waals surface area contributed by atoms with Gasteiger partial charge in [-0.05, 0) is 66.9 Å². The lowest BCUT2D eigenvalue weighted by Gasteiger charge is -2.17. The molecule has 0 aromatic heterocycles. The molecule has 1 aliphatic rings. The number of methoxy groups -OCH3 is 1. The van der Waals surface area contributed by atoms with Gasteiger partial charge in [0.1, 0.15) is 11.4 Å². The molecule has 0 saturated heterocycles. The minimum absolute atomic E-state index is 0.208. The minimum Gasteiger partial charge on any atom is -0.497 e. The van der Waals surface area contributed by atoms with Crippen LogP contribution in [0.5, 0.6) is 5.75 Å². The van der Waals surface area contributed by atoms with Crippen LogP contribution >= 0.6 is 11.6 Å². The summed E-state index contributed by atoms with van der Waals surface area (Å²) in [6.45, 7) is 3.87. The number of hydrogen-bond donors (Lipinski definition) is 1. The summed E-state index contributed by atoms with van der Waals surface area (Å²) in [4.78, 5) is 28.2. The molecule has 0 radical (unpaired) electrons. The third-order valence-electron chi connectivity index (χ3n) is 5.02. The number of carbonyl (C=O) groups is 2. The fourth-order valence-electron chi connectivity index (χ4n) is 3.69. The van der Waals surface area contributed by atoms with Crippen molar-refractivity contribution < 1.29 is 14.3 Å². The van der Waals surface area contributed by atoms with Crippen LogP contribution in [0, 0.1) is 13.8 Å². The van der Waals surface area contributed by atoms with Gasteiger partial charge in [0.15, 0.2) is 0 Å². The number of benzene rings is 3. The predicted octanol–water partition coefficient (Wildman–Crippen LogP) is 5.36. The number of anilines is 2.